The number of anilines is 1. The lowest BCUT2D eigenvalue weighted by Crippen LogP contribution is -2.48. The van der Waals surface area contributed by atoms with Gasteiger partial charge in [-0.05, 0) is 56.1 Å². The van der Waals surface area contributed by atoms with Crippen molar-refractivity contribution in [2.75, 3.05) is 5.32 Å². The third-order valence-corrected chi connectivity index (χ3v) is 6.28. The highest BCUT2D eigenvalue weighted by Crippen LogP contribution is 2.52. The van der Waals surface area contributed by atoms with Crippen molar-refractivity contribution in [3.8, 4) is 10.6 Å². The van der Waals surface area contributed by atoms with E-state index in [9.17, 15) is 4.79 Å². The van der Waals surface area contributed by atoms with Crippen molar-refractivity contribution in [1.29, 1.82) is 0 Å². The summed E-state index contributed by atoms with van der Waals surface area (Å²) >= 11 is 1.40. The van der Waals surface area contributed by atoms with Gasteiger partial charge in [-0.15, -0.1) is 10.2 Å². The molecule has 0 saturated heterocycles. The fourth-order valence-corrected chi connectivity index (χ4v) is 4.80. The van der Waals surface area contributed by atoms with Crippen molar-refractivity contribution in [2.24, 2.45) is 17.1 Å². The lowest BCUT2D eigenvalue weighted by Gasteiger charge is -2.50. The average Bonchev–Trinajstić information content (AvgIpc) is 3.03. The molecule has 4 rings (SSSR count). The zero-order chi connectivity index (χ0) is 16.6. The number of rotatable bonds is 3. The predicted octanol–water partition coefficient (Wildman–Crippen LogP) is 2.84. The van der Waals surface area contributed by atoms with E-state index in [0.717, 1.165) is 49.1 Å². The normalized spacial score (nSPS) is 29.2. The molecule has 126 valence electrons. The summed E-state index contributed by atoms with van der Waals surface area (Å²) in [6.45, 7) is 0. The van der Waals surface area contributed by atoms with Crippen LogP contribution in [-0.2, 0) is 4.79 Å². The number of hydrogen-bond acceptors (Lipinski definition) is 6. The Hall–Kier alpha value is -1.86. The molecule has 2 aromatic rings. The van der Waals surface area contributed by atoms with Gasteiger partial charge in [-0.1, -0.05) is 11.3 Å². The molecule has 2 aliphatic carbocycles. The minimum atomic E-state index is 0.0749. The molecule has 24 heavy (non-hydrogen) atoms. The molecule has 1 spiro atoms. The highest BCUT2D eigenvalue weighted by molar-refractivity contribution is 7.18. The Morgan fingerprint density at radius 2 is 1.92 bits per heavy atom. The molecule has 0 radical (unpaired) electrons. The summed E-state index contributed by atoms with van der Waals surface area (Å²) in [5.74, 6) is 0.159. The van der Waals surface area contributed by atoms with E-state index in [-0.39, 0.29) is 11.8 Å². The molecular formula is C17H21N5OS. The molecule has 0 aromatic carbocycles. The Bertz CT molecular complexity index is 716. The molecule has 6 nitrogen and oxygen atoms in total. The lowest BCUT2D eigenvalue weighted by atomic mass is 9.57. The standard InChI is InChI=1S/C17H21N5OS/c18-13-9-17(10-13)5-1-11(2-6-17)14(23)20-16-22-21-15(24-16)12-3-7-19-8-4-12/h3-4,7-8,11,13H,1-2,5-6,9-10,18H2,(H,20,22,23). The number of hydrogen-bond donors (Lipinski definition) is 2. The molecule has 2 heterocycles. The Morgan fingerprint density at radius 3 is 2.58 bits per heavy atom. The van der Waals surface area contributed by atoms with E-state index in [0.29, 0.717) is 16.6 Å². The van der Waals surface area contributed by atoms with Crippen LogP contribution in [-0.4, -0.2) is 27.1 Å². The van der Waals surface area contributed by atoms with Crippen LogP contribution in [0.2, 0.25) is 0 Å². The largest absolute Gasteiger partial charge is 0.328 e. The minimum Gasteiger partial charge on any atom is -0.328 e. The molecule has 0 atom stereocenters. The van der Waals surface area contributed by atoms with Gasteiger partial charge in [0, 0.05) is 29.9 Å². The van der Waals surface area contributed by atoms with Crippen LogP contribution in [0.25, 0.3) is 10.6 Å². The summed E-state index contributed by atoms with van der Waals surface area (Å²) in [5.41, 5.74) is 7.33. The molecule has 2 fully saturated rings. The molecule has 0 unspecified atom stereocenters. The maximum atomic E-state index is 12.5. The Kier molecular flexibility index (Phi) is 4.05. The average molecular weight is 343 g/mol. The summed E-state index contributed by atoms with van der Waals surface area (Å²) in [6.07, 6.45) is 9.86. The number of pyridine rings is 1. The van der Waals surface area contributed by atoms with Crippen molar-refractivity contribution < 1.29 is 4.79 Å². The molecule has 2 aromatic heterocycles. The number of nitrogens with one attached hydrogen (secondary N) is 1. The SMILES string of the molecule is NC1CC2(CCC(C(=O)Nc3nnc(-c4ccncc4)s3)CC2)C1. The number of carbonyl (C=O) groups is 1. The highest BCUT2D eigenvalue weighted by Gasteiger charge is 2.45. The molecule has 2 aliphatic rings. The van der Waals surface area contributed by atoms with Gasteiger partial charge in [0.05, 0.1) is 0 Å². The van der Waals surface area contributed by atoms with Gasteiger partial charge in [0.15, 0.2) is 0 Å². The van der Waals surface area contributed by atoms with Crippen LogP contribution in [0.5, 0.6) is 0 Å². The van der Waals surface area contributed by atoms with Crippen molar-refractivity contribution in [3.05, 3.63) is 24.5 Å². The second-order valence-corrected chi connectivity index (χ2v) is 8.06. The first-order valence-corrected chi connectivity index (χ1v) is 9.26. The predicted molar refractivity (Wildman–Crippen MR) is 93.4 cm³/mol. The molecule has 0 aliphatic heterocycles. The molecule has 2 saturated carbocycles. The minimum absolute atomic E-state index is 0.0749. The van der Waals surface area contributed by atoms with Crippen LogP contribution in [0, 0.1) is 11.3 Å². The topological polar surface area (TPSA) is 93.8 Å². The highest BCUT2D eigenvalue weighted by atomic mass is 32.1. The van der Waals surface area contributed by atoms with E-state index < -0.39 is 0 Å². The van der Waals surface area contributed by atoms with Crippen LogP contribution in [0.4, 0.5) is 5.13 Å². The van der Waals surface area contributed by atoms with Crippen molar-refractivity contribution in [3.63, 3.8) is 0 Å². The first-order chi connectivity index (χ1) is 11.6. The molecule has 0 bridgehead atoms. The van der Waals surface area contributed by atoms with E-state index in [1.54, 1.807) is 12.4 Å². The van der Waals surface area contributed by atoms with Gasteiger partial charge in [-0.2, -0.15) is 0 Å². The zero-order valence-electron chi connectivity index (χ0n) is 13.4. The van der Waals surface area contributed by atoms with Gasteiger partial charge < -0.3 is 11.1 Å². The lowest BCUT2D eigenvalue weighted by molar-refractivity contribution is -0.122. The summed E-state index contributed by atoms with van der Waals surface area (Å²) in [4.78, 5) is 16.5. The quantitative estimate of drug-likeness (QED) is 0.894. The van der Waals surface area contributed by atoms with Crippen molar-refractivity contribution in [2.45, 2.75) is 44.6 Å². The van der Waals surface area contributed by atoms with E-state index in [1.165, 1.54) is 11.3 Å². The second-order valence-electron chi connectivity index (χ2n) is 7.08. The van der Waals surface area contributed by atoms with Gasteiger partial charge in [0.2, 0.25) is 11.0 Å². The van der Waals surface area contributed by atoms with Crippen LogP contribution in [0.15, 0.2) is 24.5 Å². The first-order valence-electron chi connectivity index (χ1n) is 8.44. The van der Waals surface area contributed by atoms with Gasteiger partial charge in [0.25, 0.3) is 0 Å². The summed E-state index contributed by atoms with van der Waals surface area (Å²) in [7, 11) is 0. The van der Waals surface area contributed by atoms with Gasteiger partial charge in [-0.3, -0.25) is 9.78 Å². The fraction of sp³-hybridized carbons (Fsp3) is 0.529. The van der Waals surface area contributed by atoms with Crippen LogP contribution in [0.1, 0.15) is 38.5 Å². The van der Waals surface area contributed by atoms with Crippen LogP contribution >= 0.6 is 11.3 Å². The Balaban J connectivity index is 1.35. The fourth-order valence-electron chi connectivity index (χ4n) is 4.05. The number of carbonyl (C=O) groups excluding carboxylic acids is 1. The number of nitrogens with two attached hydrogens (primary N) is 1. The van der Waals surface area contributed by atoms with E-state index in [2.05, 4.69) is 20.5 Å². The monoisotopic (exact) mass is 343 g/mol. The third-order valence-electron chi connectivity index (χ3n) is 5.39. The van der Waals surface area contributed by atoms with Crippen molar-refractivity contribution in [1.82, 2.24) is 15.2 Å². The molecule has 7 heteroatoms. The second kappa shape index (κ2) is 6.22. The number of nitrogens with zero attached hydrogens (tertiary/aromatic N) is 3. The molecule has 1 amide bonds. The van der Waals surface area contributed by atoms with Crippen molar-refractivity contribution >= 4 is 22.4 Å². The van der Waals surface area contributed by atoms with Crippen LogP contribution in [0.3, 0.4) is 0 Å². The summed E-state index contributed by atoms with van der Waals surface area (Å²) in [5, 5.41) is 12.5. The Morgan fingerprint density at radius 1 is 1.21 bits per heavy atom. The summed E-state index contributed by atoms with van der Waals surface area (Å²) < 4.78 is 0. The smallest absolute Gasteiger partial charge is 0.229 e. The van der Waals surface area contributed by atoms with Gasteiger partial charge >= 0.3 is 0 Å². The number of amides is 1. The van der Waals surface area contributed by atoms with Gasteiger partial charge in [-0.25, -0.2) is 0 Å². The maximum Gasteiger partial charge on any atom is 0.229 e. The molecule has 3 N–H and O–H groups in total. The molecular weight excluding hydrogens is 322 g/mol. The van der Waals surface area contributed by atoms with Crippen LogP contribution < -0.4 is 11.1 Å². The summed E-state index contributed by atoms with van der Waals surface area (Å²) in [6, 6.07) is 4.15. The third kappa shape index (κ3) is 3.06. The first kappa shape index (κ1) is 15.7. The van der Waals surface area contributed by atoms with E-state index >= 15 is 0 Å². The zero-order valence-corrected chi connectivity index (χ0v) is 14.3. The van der Waals surface area contributed by atoms with E-state index in [4.69, 9.17) is 5.73 Å². The van der Waals surface area contributed by atoms with Gasteiger partial charge in [0.1, 0.15) is 5.01 Å². The number of aromatic nitrogens is 3. The Labute approximate surface area is 144 Å². The maximum absolute atomic E-state index is 12.5. The van der Waals surface area contributed by atoms with E-state index in [1.807, 2.05) is 12.1 Å².